The zero-order valence-corrected chi connectivity index (χ0v) is 21.6. The predicted octanol–water partition coefficient (Wildman–Crippen LogP) is 7.01. The third-order valence-corrected chi connectivity index (χ3v) is 7.81. The first-order valence-corrected chi connectivity index (χ1v) is 13.2. The Morgan fingerprint density at radius 1 is 0.806 bits per heavy atom. The van der Waals surface area contributed by atoms with Crippen LogP contribution in [0.5, 0.6) is 0 Å². The summed E-state index contributed by atoms with van der Waals surface area (Å²) < 4.78 is 0. The van der Waals surface area contributed by atoms with Gasteiger partial charge in [0.05, 0.1) is 4.92 Å². The van der Waals surface area contributed by atoms with Crippen LogP contribution in [-0.4, -0.2) is 30.6 Å². The second-order valence-corrected chi connectivity index (χ2v) is 10.2. The summed E-state index contributed by atoms with van der Waals surface area (Å²) in [5.74, 6) is 0. The van der Waals surface area contributed by atoms with Crippen LogP contribution >= 0.6 is 0 Å². The molecule has 2 fully saturated rings. The Morgan fingerprint density at radius 3 is 1.92 bits per heavy atom. The molecule has 0 N–H and O–H groups in total. The molecule has 0 aromatic heterocycles. The molecule has 0 spiro atoms. The van der Waals surface area contributed by atoms with E-state index in [1.165, 1.54) is 24.0 Å². The van der Waals surface area contributed by atoms with Crippen LogP contribution in [0.2, 0.25) is 0 Å². The summed E-state index contributed by atoms with van der Waals surface area (Å²) in [7, 11) is 0. The lowest BCUT2D eigenvalue weighted by molar-refractivity contribution is -0.384. The van der Waals surface area contributed by atoms with Crippen molar-refractivity contribution in [2.75, 3.05) is 34.3 Å². The molecule has 1 unspecified atom stereocenters. The molecule has 0 saturated carbocycles. The molecule has 0 aliphatic carbocycles. The van der Waals surface area contributed by atoms with E-state index < -0.39 is 0 Å². The maximum atomic E-state index is 11.9. The molecule has 0 amide bonds. The van der Waals surface area contributed by atoms with Crippen LogP contribution in [0.25, 0.3) is 0 Å². The van der Waals surface area contributed by atoms with E-state index in [0.29, 0.717) is 6.04 Å². The summed E-state index contributed by atoms with van der Waals surface area (Å²) in [6, 6.07) is 23.3. The van der Waals surface area contributed by atoms with Crippen molar-refractivity contribution in [1.82, 2.24) is 0 Å². The zero-order chi connectivity index (χ0) is 25.2. The number of nitro groups is 1. The van der Waals surface area contributed by atoms with Crippen molar-refractivity contribution < 1.29 is 4.92 Å². The van der Waals surface area contributed by atoms with Crippen molar-refractivity contribution in [2.24, 2.45) is 0 Å². The van der Waals surface area contributed by atoms with Crippen LogP contribution in [0.1, 0.15) is 55.5 Å². The fraction of sp³-hybridized carbons (Fsp3) is 0.400. The van der Waals surface area contributed by atoms with Gasteiger partial charge in [0.15, 0.2) is 0 Å². The van der Waals surface area contributed by atoms with E-state index in [-0.39, 0.29) is 16.8 Å². The van der Waals surface area contributed by atoms with Gasteiger partial charge in [0, 0.05) is 60.4 Å². The number of anilines is 3. The molecular formula is C30H36N4O2. The van der Waals surface area contributed by atoms with Gasteiger partial charge in [-0.2, -0.15) is 0 Å². The summed E-state index contributed by atoms with van der Waals surface area (Å²) in [6.45, 7) is 9.14. The predicted molar refractivity (Wildman–Crippen MR) is 148 cm³/mol. The maximum Gasteiger partial charge on any atom is 0.270 e. The molecule has 5 rings (SSSR count). The number of aryl methyl sites for hydroxylation is 2. The van der Waals surface area contributed by atoms with Crippen LogP contribution in [0.3, 0.4) is 0 Å². The molecule has 0 radical (unpaired) electrons. The highest BCUT2D eigenvalue weighted by molar-refractivity contribution is 5.67. The van der Waals surface area contributed by atoms with Crippen LogP contribution in [-0.2, 0) is 0 Å². The Kier molecular flexibility index (Phi) is 6.86. The standard InChI is InChI=1S/C30H36N4O2/c1-4-24-7-5-6-18-31(24)29-17-16-27(34(35)36)21-28(29)30-32(25-12-8-22(2)9-13-25)19-20-33(30)26-14-10-23(3)11-15-26/h8-17,21,24,30H,4-7,18-20H2,1-3H3. The van der Waals surface area contributed by atoms with Gasteiger partial charge < -0.3 is 14.7 Å². The fourth-order valence-electron chi connectivity index (χ4n) is 5.84. The summed E-state index contributed by atoms with van der Waals surface area (Å²) in [5.41, 5.74) is 7.03. The van der Waals surface area contributed by atoms with Crippen molar-refractivity contribution in [3.8, 4) is 0 Å². The van der Waals surface area contributed by atoms with Gasteiger partial charge in [-0.05, 0) is 69.9 Å². The number of benzene rings is 3. The Morgan fingerprint density at radius 2 is 1.39 bits per heavy atom. The maximum absolute atomic E-state index is 11.9. The van der Waals surface area contributed by atoms with Crippen LogP contribution in [0, 0.1) is 24.0 Å². The molecule has 2 aliphatic heterocycles. The lowest BCUT2D eigenvalue weighted by atomic mass is 9.96. The van der Waals surface area contributed by atoms with E-state index in [1.807, 2.05) is 12.1 Å². The molecule has 0 bridgehead atoms. The molecule has 3 aromatic rings. The van der Waals surface area contributed by atoms with Crippen molar-refractivity contribution in [1.29, 1.82) is 0 Å². The van der Waals surface area contributed by atoms with Crippen LogP contribution < -0.4 is 14.7 Å². The van der Waals surface area contributed by atoms with Gasteiger partial charge in [0.1, 0.15) is 6.17 Å². The van der Waals surface area contributed by atoms with E-state index in [4.69, 9.17) is 0 Å². The minimum absolute atomic E-state index is 0.134. The highest BCUT2D eigenvalue weighted by Crippen LogP contribution is 2.44. The van der Waals surface area contributed by atoms with Crippen molar-refractivity contribution in [3.63, 3.8) is 0 Å². The Labute approximate surface area is 214 Å². The Bertz CT molecular complexity index is 1160. The fourth-order valence-corrected chi connectivity index (χ4v) is 5.84. The number of nitro benzene ring substituents is 1. The second kappa shape index (κ2) is 10.2. The average Bonchev–Trinajstić information content (AvgIpc) is 3.34. The summed E-state index contributed by atoms with van der Waals surface area (Å²) in [5, 5.41) is 11.9. The van der Waals surface area contributed by atoms with Crippen molar-refractivity contribution in [3.05, 3.63) is 93.5 Å². The van der Waals surface area contributed by atoms with Crippen molar-refractivity contribution >= 4 is 22.7 Å². The highest BCUT2D eigenvalue weighted by Gasteiger charge is 2.38. The lowest BCUT2D eigenvalue weighted by Crippen LogP contribution is -2.41. The van der Waals surface area contributed by atoms with E-state index in [9.17, 15) is 10.1 Å². The number of non-ortho nitro benzene ring substituents is 1. The van der Waals surface area contributed by atoms with Gasteiger partial charge in [-0.1, -0.05) is 42.3 Å². The molecule has 2 saturated heterocycles. The number of rotatable bonds is 6. The Balaban J connectivity index is 1.68. The number of hydrogen-bond acceptors (Lipinski definition) is 5. The van der Waals surface area contributed by atoms with Crippen molar-refractivity contribution in [2.45, 2.75) is 58.7 Å². The van der Waals surface area contributed by atoms with Crippen LogP contribution in [0.15, 0.2) is 66.7 Å². The smallest absolute Gasteiger partial charge is 0.270 e. The zero-order valence-electron chi connectivity index (χ0n) is 21.6. The normalized spacial score (nSPS) is 18.6. The molecule has 188 valence electrons. The number of hydrogen-bond donors (Lipinski definition) is 0. The molecule has 36 heavy (non-hydrogen) atoms. The second-order valence-electron chi connectivity index (χ2n) is 10.2. The number of piperidine rings is 1. The van der Waals surface area contributed by atoms with E-state index in [0.717, 1.165) is 55.1 Å². The topological polar surface area (TPSA) is 52.9 Å². The third-order valence-electron chi connectivity index (χ3n) is 7.81. The first-order valence-electron chi connectivity index (χ1n) is 13.2. The molecule has 2 heterocycles. The van der Waals surface area contributed by atoms with E-state index in [1.54, 1.807) is 6.07 Å². The van der Waals surface area contributed by atoms with Gasteiger partial charge in [-0.25, -0.2) is 0 Å². The Hall–Kier alpha value is -3.54. The lowest BCUT2D eigenvalue weighted by Gasteiger charge is -2.41. The monoisotopic (exact) mass is 484 g/mol. The molecular weight excluding hydrogens is 448 g/mol. The molecule has 2 aliphatic rings. The quantitative estimate of drug-likeness (QED) is 0.278. The van der Waals surface area contributed by atoms with Gasteiger partial charge in [0.2, 0.25) is 0 Å². The van der Waals surface area contributed by atoms with Crippen LogP contribution in [0.4, 0.5) is 22.7 Å². The SMILES string of the molecule is CCC1CCCCN1c1ccc([N+](=O)[O-])cc1C1N(c2ccc(C)cc2)CCN1c1ccc(C)cc1. The summed E-state index contributed by atoms with van der Waals surface area (Å²) in [4.78, 5) is 19.0. The molecule has 3 aromatic carbocycles. The van der Waals surface area contributed by atoms with Gasteiger partial charge >= 0.3 is 0 Å². The number of nitrogens with zero attached hydrogens (tertiary/aromatic N) is 4. The van der Waals surface area contributed by atoms with Gasteiger partial charge in [-0.15, -0.1) is 0 Å². The van der Waals surface area contributed by atoms with E-state index >= 15 is 0 Å². The first-order chi connectivity index (χ1) is 17.5. The third kappa shape index (κ3) is 4.64. The molecule has 1 atom stereocenters. The highest BCUT2D eigenvalue weighted by atomic mass is 16.6. The first kappa shape index (κ1) is 24.2. The molecule has 6 nitrogen and oxygen atoms in total. The van der Waals surface area contributed by atoms with E-state index in [2.05, 4.69) is 84.0 Å². The summed E-state index contributed by atoms with van der Waals surface area (Å²) in [6.07, 6.45) is 4.50. The summed E-state index contributed by atoms with van der Waals surface area (Å²) >= 11 is 0. The average molecular weight is 485 g/mol. The van der Waals surface area contributed by atoms with Gasteiger partial charge in [0.25, 0.3) is 5.69 Å². The molecule has 6 heteroatoms. The van der Waals surface area contributed by atoms with Gasteiger partial charge in [-0.3, -0.25) is 10.1 Å². The minimum Gasteiger partial charge on any atom is -0.368 e. The minimum atomic E-state index is -0.262. The largest absolute Gasteiger partial charge is 0.368 e.